The zero-order chi connectivity index (χ0) is 8.81. The monoisotopic (exact) mass is 205 g/mol. The van der Waals surface area contributed by atoms with Crippen LogP contribution in [0.1, 0.15) is 19.8 Å². The molecule has 1 heterocycles. The smallest absolute Gasteiger partial charge is 0.0176 e. The summed E-state index contributed by atoms with van der Waals surface area (Å²) in [7, 11) is 0. The van der Waals surface area contributed by atoms with Crippen LogP contribution in [0.4, 0.5) is 0 Å². The molecule has 12 heavy (non-hydrogen) atoms. The second kappa shape index (κ2) is 5.90. The molecule has 70 valence electrons. The van der Waals surface area contributed by atoms with Gasteiger partial charge in [-0.25, -0.2) is 0 Å². The molecule has 1 rings (SSSR count). The predicted octanol–water partition coefficient (Wildman–Crippen LogP) is 2.61. The summed E-state index contributed by atoms with van der Waals surface area (Å²) in [6.45, 7) is 2.99. The lowest BCUT2D eigenvalue weighted by Crippen LogP contribution is -2.34. The van der Waals surface area contributed by atoms with Gasteiger partial charge in [0, 0.05) is 23.9 Å². The molecule has 0 aromatic carbocycles. The first-order valence-electron chi connectivity index (χ1n) is 4.40. The van der Waals surface area contributed by atoms with E-state index in [2.05, 4.69) is 12.2 Å². The highest BCUT2D eigenvalue weighted by atomic mass is 35.5. The molecule has 0 aliphatic carbocycles. The van der Waals surface area contributed by atoms with E-state index in [0.717, 1.165) is 6.54 Å². The van der Waals surface area contributed by atoms with Crippen LogP contribution in [0.15, 0.2) is 11.1 Å². The Kier molecular flexibility index (Phi) is 5.12. The van der Waals surface area contributed by atoms with Gasteiger partial charge >= 0.3 is 0 Å². The lowest BCUT2D eigenvalue weighted by atomic mass is 10.2. The summed E-state index contributed by atoms with van der Waals surface area (Å²) < 4.78 is 0. The van der Waals surface area contributed by atoms with E-state index in [4.69, 9.17) is 11.6 Å². The normalized spacial score (nSPS) is 25.8. The highest BCUT2D eigenvalue weighted by molar-refractivity contribution is 7.99. The first kappa shape index (κ1) is 10.4. The zero-order valence-electron chi connectivity index (χ0n) is 7.48. The maximum absolute atomic E-state index is 5.56. The molecule has 3 heteroatoms. The molecule has 0 aromatic rings. The number of halogens is 1. The van der Waals surface area contributed by atoms with Crippen LogP contribution in [-0.2, 0) is 0 Å². The van der Waals surface area contributed by atoms with Gasteiger partial charge in [0.15, 0.2) is 0 Å². The minimum atomic E-state index is 0.704. The van der Waals surface area contributed by atoms with Crippen molar-refractivity contribution in [1.29, 1.82) is 0 Å². The molecule has 0 saturated carbocycles. The van der Waals surface area contributed by atoms with Gasteiger partial charge in [-0.05, 0) is 31.1 Å². The molecule has 0 spiro atoms. The molecular formula is C9H16ClNS. The molecule has 1 saturated heterocycles. The Hall–Kier alpha value is 0.340. The van der Waals surface area contributed by atoms with Crippen molar-refractivity contribution in [3.63, 3.8) is 0 Å². The molecular weight excluding hydrogens is 190 g/mol. The van der Waals surface area contributed by atoms with Crippen molar-refractivity contribution in [2.75, 3.05) is 18.1 Å². The lowest BCUT2D eigenvalue weighted by Gasteiger charge is -2.22. The zero-order valence-corrected chi connectivity index (χ0v) is 9.05. The van der Waals surface area contributed by atoms with Crippen molar-refractivity contribution in [1.82, 2.24) is 5.32 Å². The quantitative estimate of drug-likeness (QED) is 0.761. The van der Waals surface area contributed by atoms with Crippen LogP contribution in [0.2, 0.25) is 0 Å². The van der Waals surface area contributed by atoms with Crippen molar-refractivity contribution in [2.45, 2.75) is 25.8 Å². The standard InChI is InChI=1S/C9H16ClNS/c1-8(5-10)6-11-9-3-2-4-12-7-9/h5,9,11H,2-4,6-7H2,1H3. The van der Waals surface area contributed by atoms with Crippen LogP contribution < -0.4 is 5.32 Å². The fraction of sp³-hybridized carbons (Fsp3) is 0.778. The molecule has 1 N–H and O–H groups in total. The number of hydrogen-bond donors (Lipinski definition) is 1. The third kappa shape index (κ3) is 3.83. The largest absolute Gasteiger partial charge is 0.309 e. The van der Waals surface area contributed by atoms with Crippen LogP contribution in [0, 0.1) is 0 Å². The van der Waals surface area contributed by atoms with E-state index in [1.807, 2.05) is 11.8 Å². The summed E-state index contributed by atoms with van der Waals surface area (Å²) in [6.07, 6.45) is 2.68. The predicted molar refractivity (Wildman–Crippen MR) is 58.0 cm³/mol. The van der Waals surface area contributed by atoms with E-state index in [1.165, 1.54) is 29.9 Å². The van der Waals surface area contributed by atoms with E-state index in [-0.39, 0.29) is 0 Å². The van der Waals surface area contributed by atoms with Gasteiger partial charge in [0.05, 0.1) is 0 Å². The van der Waals surface area contributed by atoms with Crippen molar-refractivity contribution >= 4 is 23.4 Å². The molecule has 1 aliphatic rings. The number of rotatable bonds is 3. The Balaban J connectivity index is 2.13. The van der Waals surface area contributed by atoms with Crippen molar-refractivity contribution in [3.8, 4) is 0 Å². The molecule has 0 amide bonds. The average Bonchev–Trinajstić information content (AvgIpc) is 2.16. The highest BCUT2D eigenvalue weighted by Crippen LogP contribution is 2.16. The van der Waals surface area contributed by atoms with E-state index in [1.54, 1.807) is 5.54 Å². The van der Waals surface area contributed by atoms with Gasteiger partial charge in [-0.15, -0.1) is 0 Å². The summed E-state index contributed by atoms with van der Waals surface area (Å²) in [5.41, 5.74) is 2.87. The minimum Gasteiger partial charge on any atom is -0.309 e. The summed E-state index contributed by atoms with van der Waals surface area (Å²) in [4.78, 5) is 0. The summed E-state index contributed by atoms with van der Waals surface area (Å²) in [5, 5.41) is 3.50. The second-order valence-corrected chi connectivity index (χ2v) is 4.62. The van der Waals surface area contributed by atoms with E-state index in [9.17, 15) is 0 Å². The molecule has 0 radical (unpaired) electrons. The first-order valence-corrected chi connectivity index (χ1v) is 5.99. The first-order chi connectivity index (χ1) is 5.83. The fourth-order valence-corrected chi connectivity index (χ4v) is 2.43. The molecule has 0 bridgehead atoms. The Morgan fingerprint density at radius 2 is 2.58 bits per heavy atom. The number of hydrogen-bond acceptors (Lipinski definition) is 2. The third-order valence-electron chi connectivity index (χ3n) is 2.02. The maximum atomic E-state index is 5.56. The molecule has 1 atom stereocenters. The lowest BCUT2D eigenvalue weighted by molar-refractivity contribution is 0.529. The van der Waals surface area contributed by atoms with Crippen LogP contribution >= 0.6 is 23.4 Å². The van der Waals surface area contributed by atoms with Gasteiger partial charge in [-0.3, -0.25) is 0 Å². The van der Waals surface area contributed by atoms with Crippen LogP contribution in [-0.4, -0.2) is 24.1 Å². The topological polar surface area (TPSA) is 12.0 Å². The van der Waals surface area contributed by atoms with Crippen LogP contribution in [0.5, 0.6) is 0 Å². The Bertz CT molecular complexity index is 153. The maximum Gasteiger partial charge on any atom is 0.0176 e. The average molecular weight is 206 g/mol. The van der Waals surface area contributed by atoms with E-state index >= 15 is 0 Å². The van der Waals surface area contributed by atoms with Crippen molar-refractivity contribution in [3.05, 3.63) is 11.1 Å². The van der Waals surface area contributed by atoms with Gasteiger partial charge in [-0.2, -0.15) is 11.8 Å². The molecule has 0 aromatic heterocycles. The van der Waals surface area contributed by atoms with Crippen molar-refractivity contribution < 1.29 is 0 Å². The van der Waals surface area contributed by atoms with E-state index in [0.29, 0.717) is 6.04 Å². The van der Waals surface area contributed by atoms with Crippen LogP contribution in [0.3, 0.4) is 0 Å². The molecule has 1 aliphatic heterocycles. The summed E-state index contributed by atoms with van der Waals surface area (Å²) in [5.74, 6) is 2.60. The Morgan fingerprint density at radius 3 is 3.17 bits per heavy atom. The van der Waals surface area contributed by atoms with Gasteiger partial charge in [0.2, 0.25) is 0 Å². The summed E-state index contributed by atoms with van der Waals surface area (Å²) >= 11 is 7.61. The van der Waals surface area contributed by atoms with Gasteiger partial charge < -0.3 is 5.32 Å². The van der Waals surface area contributed by atoms with Crippen LogP contribution in [0.25, 0.3) is 0 Å². The number of nitrogens with one attached hydrogen (secondary N) is 1. The van der Waals surface area contributed by atoms with Gasteiger partial charge in [0.1, 0.15) is 0 Å². The van der Waals surface area contributed by atoms with Crippen molar-refractivity contribution in [2.24, 2.45) is 0 Å². The third-order valence-corrected chi connectivity index (χ3v) is 3.60. The SMILES string of the molecule is CC(=CCl)CNC1CCCSC1. The second-order valence-electron chi connectivity index (χ2n) is 3.25. The number of thioether (sulfide) groups is 1. The Morgan fingerprint density at radius 1 is 1.75 bits per heavy atom. The summed E-state index contributed by atoms with van der Waals surface area (Å²) in [6, 6.07) is 0.704. The minimum absolute atomic E-state index is 0.704. The molecule has 1 fully saturated rings. The van der Waals surface area contributed by atoms with Gasteiger partial charge in [-0.1, -0.05) is 11.6 Å². The molecule has 1 unspecified atom stereocenters. The van der Waals surface area contributed by atoms with E-state index < -0.39 is 0 Å². The highest BCUT2D eigenvalue weighted by Gasteiger charge is 2.12. The fourth-order valence-electron chi connectivity index (χ4n) is 1.25. The van der Waals surface area contributed by atoms with Gasteiger partial charge in [0.25, 0.3) is 0 Å². The Labute approximate surface area is 83.9 Å². The molecule has 1 nitrogen and oxygen atoms in total.